The number of hydrogen-bond acceptors (Lipinski definition) is 2. The second-order valence-electron chi connectivity index (χ2n) is 3.83. The van der Waals surface area contributed by atoms with Gasteiger partial charge in [-0.1, -0.05) is 29.8 Å². The van der Waals surface area contributed by atoms with Crippen LogP contribution in [-0.2, 0) is 5.75 Å². The maximum Gasteiger partial charge on any atom is 0.338 e. The maximum absolute atomic E-state index is 13.2. The van der Waals surface area contributed by atoms with Gasteiger partial charge in [0.1, 0.15) is 5.82 Å². The third-order valence-corrected chi connectivity index (χ3v) is 3.93. The van der Waals surface area contributed by atoms with E-state index in [0.29, 0.717) is 15.7 Å². The molecule has 0 radical (unpaired) electrons. The Hall–Kier alpha value is -1.52. The molecule has 0 unspecified atom stereocenters. The summed E-state index contributed by atoms with van der Waals surface area (Å²) in [5.74, 6) is -1.39. The van der Waals surface area contributed by atoms with Gasteiger partial charge in [0.05, 0.1) is 5.56 Å². The van der Waals surface area contributed by atoms with Crippen molar-refractivity contribution in [1.82, 2.24) is 0 Å². The lowest BCUT2D eigenvalue weighted by molar-refractivity contribution is 0.0691. The van der Waals surface area contributed by atoms with Crippen molar-refractivity contribution in [3.05, 3.63) is 64.4 Å². The molecule has 0 amide bonds. The fourth-order valence-electron chi connectivity index (χ4n) is 1.53. The zero-order valence-corrected chi connectivity index (χ0v) is 11.3. The molecule has 1 N–H and O–H groups in total. The summed E-state index contributed by atoms with van der Waals surface area (Å²) in [7, 11) is 0. The van der Waals surface area contributed by atoms with Crippen molar-refractivity contribution < 1.29 is 14.3 Å². The molecular weight excluding hydrogens is 287 g/mol. The van der Waals surface area contributed by atoms with Crippen LogP contribution in [0.1, 0.15) is 15.9 Å². The molecule has 2 nitrogen and oxygen atoms in total. The van der Waals surface area contributed by atoms with E-state index in [4.69, 9.17) is 16.7 Å². The summed E-state index contributed by atoms with van der Waals surface area (Å²) in [5.41, 5.74) is 0.638. The molecule has 0 aromatic heterocycles. The third kappa shape index (κ3) is 3.49. The standard InChI is InChI=1S/C14H10ClFO2S/c15-12-4-2-1-3-9(12)8-19-10-5-6-13(16)11(7-10)14(17)18/h1-7H,8H2,(H,17,18). The predicted molar refractivity (Wildman–Crippen MR) is 74.4 cm³/mol. The van der Waals surface area contributed by atoms with Gasteiger partial charge in [0, 0.05) is 15.7 Å². The molecule has 0 aliphatic carbocycles. The average Bonchev–Trinajstić information content (AvgIpc) is 2.39. The fourth-order valence-corrected chi connectivity index (χ4v) is 2.76. The number of thioether (sulfide) groups is 1. The van der Waals surface area contributed by atoms with Crippen LogP contribution in [0.4, 0.5) is 4.39 Å². The largest absolute Gasteiger partial charge is 0.478 e. The van der Waals surface area contributed by atoms with Crippen LogP contribution >= 0.6 is 23.4 Å². The molecule has 2 rings (SSSR count). The molecule has 19 heavy (non-hydrogen) atoms. The molecule has 0 aliphatic heterocycles. The lowest BCUT2D eigenvalue weighted by Crippen LogP contribution is -2.00. The number of rotatable bonds is 4. The number of benzene rings is 2. The Morgan fingerprint density at radius 3 is 2.68 bits per heavy atom. The van der Waals surface area contributed by atoms with Gasteiger partial charge >= 0.3 is 5.97 Å². The first-order chi connectivity index (χ1) is 9.08. The van der Waals surface area contributed by atoms with E-state index in [9.17, 15) is 9.18 Å². The molecule has 0 saturated heterocycles. The zero-order chi connectivity index (χ0) is 13.8. The van der Waals surface area contributed by atoms with Crippen molar-refractivity contribution in [2.75, 3.05) is 0 Å². The van der Waals surface area contributed by atoms with E-state index >= 15 is 0 Å². The minimum absolute atomic E-state index is 0.316. The van der Waals surface area contributed by atoms with Crippen LogP contribution in [0.5, 0.6) is 0 Å². The maximum atomic E-state index is 13.2. The Kier molecular flexibility index (Phi) is 4.45. The highest BCUT2D eigenvalue weighted by molar-refractivity contribution is 7.98. The number of hydrogen-bond donors (Lipinski definition) is 1. The number of aromatic carboxylic acids is 1. The second-order valence-corrected chi connectivity index (χ2v) is 5.28. The quantitative estimate of drug-likeness (QED) is 0.846. The van der Waals surface area contributed by atoms with Gasteiger partial charge in [0.15, 0.2) is 0 Å². The molecule has 0 spiro atoms. The summed E-state index contributed by atoms with van der Waals surface area (Å²) in [6.45, 7) is 0. The van der Waals surface area contributed by atoms with Gasteiger partial charge in [-0.05, 0) is 29.8 Å². The zero-order valence-electron chi connectivity index (χ0n) is 9.77. The van der Waals surface area contributed by atoms with E-state index in [1.807, 2.05) is 18.2 Å². The molecule has 0 atom stereocenters. The molecule has 0 bridgehead atoms. The first-order valence-electron chi connectivity index (χ1n) is 5.47. The van der Waals surface area contributed by atoms with Gasteiger partial charge in [-0.15, -0.1) is 11.8 Å². The van der Waals surface area contributed by atoms with Crippen LogP contribution in [0.2, 0.25) is 5.02 Å². The van der Waals surface area contributed by atoms with Crippen LogP contribution < -0.4 is 0 Å². The van der Waals surface area contributed by atoms with Crippen LogP contribution in [0, 0.1) is 5.82 Å². The molecule has 2 aromatic carbocycles. The average molecular weight is 297 g/mol. The third-order valence-electron chi connectivity index (χ3n) is 2.52. The fraction of sp³-hybridized carbons (Fsp3) is 0.0714. The molecule has 5 heteroatoms. The minimum atomic E-state index is -1.27. The van der Waals surface area contributed by atoms with Gasteiger partial charge in [0.2, 0.25) is 0 Å². The van der Waals surface area contributed by atoms with Crippen molar-refractivity contribution >= 4 is 29.3 Å². The van der Waals surface area contributed by atoms with Gasteiger partial charge in [0.25, 0.3) is 0 Å². The summed E-state index contributed by atoms with van der Waals surface area (Å²) < 4.78 is 13.2. The lowest BCUT2D eigenvalue weighted by Gasteiger charge is -2.05. The van der Waals surface area contributed by atoms with E-state index in [1.54, 1.807) is 12.1 Å². The molecule has 0 heterocycles. The van der Waals surface area contributed by atoms with Crippen molar-refractivity contribution in [1.29, 1.82) is 0 Å². The van der Waals surface area contributed by atoms with Crippen molar-refractivity contribution in [3.8, 4) is 0 Å². The Bertz CT molecular complexity index is 616. The summed E-state index contributed by atoms with van der Waals surface area (Å²) >= 11 is 7.44. The molecular formula is C14H10ClFO2S. The molecule has 2 aromatic rings. The Labute approximate surface area is 119 Å². The van der Waals surface area contributed by atoms with Crippen molar-refractivity contribution in [2.24, 2.45) is 0 Å². The van der Waals surface area contributed by atoms with Crippen molar-refractivity contribution in [2.45, 2.75) is 10.6 Å². The van der Waals surface area contributed by atoms with E-state index < -0.39 is 11.8 Å². The highest BCUT2D eigenvalue weighted by Crippen LogP contribution is 2.27. The molecule has 0 fully saturated rings. The van der Waals surface area contributed by atoms with Gasteiger partial charge in [-0.25, -0.2) is 9.18 Å². The van der Waals surface area contributed by atoms with Crippen LogP contribution in [0.25, 0.3) is 0 Å². The van der Waals surface area contributed by atoms with E-state index in [0.717, 1.165) is 5.56 Å². The monoisotopic (exact) mass is 296 g/mol. The summed E-state index contributed by atoms with van der Waals surface area (Å²) in [4.78, 5) is 11.5. The van der Waals surface area contributed by atoms with Crippen LogP contribution in [-0.4, -0.2) is 11.1 Å². The first kappa shape index (κ1) is 13.9. The number of halogens is 2. The highest BCUT2D eigenvalue weighted by Gasteiger charge is 2.11. The summed E-state index contributed by atoms with van der Waals surface area (Å²) in [6, 6.07) is 11.5. The molecule has 98 valence electrons. The van der Waals surface area contributed by atoms with Crippen LogP contribution in [0.3, 0.4) is 0 Å². The van der Waals surface area contributed by atoms with Crippen LogP contribution in [0.15, 0.2) is 47.4 Å². The van der Waals surface area contributed by atoms with Gasteiger partial charge in [-0.3, -0.25) is 0 Å². The highest BCUT2D eigenvalue weighted by atomic mass is 35.5. The molecule has 0 aliphatic rings. The van der Waals surface area contributed by atoms with Gasteiger partial charge in [-0.2, -0.15) is 0 Å². The number of carboxylic acid groups (broad SMARTS) is 1. The summed E-state index contributed by atoms with van der Waals surface area (Å²) in [5, 5.41) is 9.51. The first-order valence-corrected chi connectivity index (χ1v) is 6.83. The molecule has 0 saturated carbocycles. The Balaban J connectivity index is 2.14. The Morgan fingerprint density at radius 2 is 2.00 bits per heavy atom. The van der Waals surface area contributed by atoms with Crippen molar-refractivity contribution in [3.63, 3.8) is 0 Å². The smallest absolute Gasteiger partial charge is 0.338 e. The SMILES string of the molecule is O=C(O)c1cc(SCc2ccccc2Cl)ccc1F. The predicted octanol–water partition coefficient (Wildman–Crippen LogP) is 4.47. The Morgan fingerprint density at radius 1 is 1.26 bits per heavy atom. The van der Waals surface area contributed by atoms with E-state index in [2.05, 4.69) is 0 Å². The lowest BCUT2D eigenvalue weighted by atomic mass is 10.2. The van der Waals surface area contributed by atoms with Gasteiger partial charge < -0.3 is 5.11 Å². The van der Waals surface area contributed by atoms with E-state index in [-0.39, 0.29) is 5.56 Å². The number of carboxylic acids is 1. The summed E-state index contributed by atoms with van der Waals surface area (Å²) in [6.07, 6.45) is 0. The second kappa shape index (κ2) is 6.08. The normalized spacial score (nSPS) is 10.4. The number of carbonyl (C=O) groups is 1. The topological polar surface area (TPSA) is 37.3 Å². The van der Waals surface area contributed by atoms with E-state index in [1.165, 1.54) is 23.9 Å². The minimum Gasteiger partial charge on any atom is -0.478 e.